The molecular weight excluding hydrogens is 164 g/mol. The topological polar surface area (TPSA) is 40.5 Å². The van der Waals surface area contributed by atoms with Crippen molar-refractivity contribution in [1.29, 1.82) is 0 Å². The summed E-state index contributed by atoms with van der Waals surface area (Å²) in [5.74, 6) is 0.190. The molecule has 0 aliphatic rings. The molecule has 0 spiro atoms. The Morgan fingerprint density at radius 2 is 1.62 bits per heavy atom. The number of aliphatic hydroxyl groups excluding tert-OH is 1. The molecule has 0 heterocycles. The van der Waals surface area contributed by atoms with E-state index in [1.54, 1.807) is 0 Å². The Morgan fingerprint density at radius 1 is 1.15 bits per heavy atom. The van der Waals surface area contributed by atoms with E-state index in [9.17, 15) is 10.2 Å². The molecule has 0 radical (unpaired) electrons. The van der Waals surface area contributed by atoms with E-state index < -0.39 is 11.7 Å². The minimum Gasteiger partial charge on any atom is -0.390 e. The summed E-state index contributed by atoms with van der Waals surface area (Å²) in [6, 6.07) is 0. The first-order chi connectivity index (χ1) is 6.01. The van der Waals surface area contributed by atoms with Crippen molar-refractivity contribution in [2.24, 2.45) is 5.92 Å². The minimum atomic E-state index is -0.880. The quantitative estimate of drug-likeness (QED) is 0.671. The smallest absolute Gasteiger partial charge is 0.0902 e. The molecule has 2 heteroatoms. The van der Waals surface area contributed by atoms with E-state index in [1.807, 2.05) is 20.8 Å². The first-order valence-electron chi connectivity index (χ1n) is 5.42. The lowest BCUT2D eigenvalue weighted by atomic mass is 9.82. The molecule has 0 saturated carbocycles. The molecule has 0 aliphatic heterocycles. The average Bonchev–Trinajstić information content (AvgIpc) is 2.16. The zero-order valence-corrected chi connectivity index (χ0v) is 9.38. The molecule has 2 nitrogen and oxygen atoms in total. The highest BCUT2D eigenvalue weighted by atomic mass is 16.3. The largest absolute Gasteiger partial charge is 0.390 e. The van der Waals surface area contributed by atoms with Gasteiger partial charge in [-0.3, -0.25) is 0 Å². The van der Waals surface area contributed by atoms with Crippen LogP contribution in [0.15, 0.2) is 0 Å². The van der Waals surface area contributed by atoms with E-state index in [0.717, 1.165) is 12.8 Å². The fourth-order valence-electron chi connectivity index (χ4n) is 1.81. The maximum Gasteiger partial charge on any atom is 0.0902 e. The SMILES string of the molecule is CCCC(C)C(O)C(O)(CC)CC. The van der Waals surface area contributed by atoms with Gasteiger partial charge in [0, 0.05) is 0 Å². The van der Waals surface area contributed by atoms with Gasteiger partial charge in [0.2, 0.25) is 0 Å². The molecule has 2 unspecified atom stereocenters. The van der Waals surface area contributed by atoms with Gasteiger partial charge in [0.1, 0.15) is 0 Å². The molecule has 0 bridgehead atoms. The molecule has 0 aromatic rings. The van der Waals surface area contributed by atoms with Crippen LogP contribution in [0, 0.1) is 5.92 Å². The molecule has 0 fully saturated rings. The Balaban J connectivity index is 4.27. The van der Waals surface area contributed by atoms with Gasteiger partial charge in [0.25, 0.3) is 0 Å². The number of rotatable bonds is 6. The van der Waals surface area contributed by atoms with Gasteiger partial charge in [-0.2, -0.15) is 0 Å². The van der Waals surface area contributed by atoms with Gasteiger partial charge in [-0.15, -0.1) is 0 Å². The van der Waals surface area contributed by atoms with Crippen molar-refractivity contribution in [3.05, 3.63) is 0 Å². The highest BCUT2D eigenvalue weighted by molar-refractivity contribution is 4.86. The predicted molar refractivity (Wildman–Crippen MR) is 55.6 cm³/mol. The van der Waals surface area contributed by atoms with Crippen molar-refractivity contribution < 1.29 is 10.2 Å². The molecule has 0 aromatic heterocycles. The number of hydrogen-bond donors (Lipinski definition) is 2. The number of hydrogen-bond acceptors (Lipinski definition) is 2. The van der Waals surface area contributed by atoms with Gasteiger partial charge in [-0.1, -0.05) is 34.1 Å². The highest BCUT2D eigenvalue weighted by Crippen LogP contribution is 2.26. The van der Waals surface area contributed by atoms with Crippen LogP contribution >= 0.6 is 0 Å². The van der Waals surface area contributed by atoms with Crippen LogP contribution in [-0.4, -0.2) is 21.9 Å². The molecule has 80 valence electrons. The normalized spacial score (nSPS) is 17.1. The van der Waals surface area contributed by atoms with Crippen molar-refractivity contribution in [3.63, 3.8) is 0 Å². The number of aliphatic hydroxyl groups is 2. The van der Waals surface area contributed by atoms with Gasteiger partial charge in [-0.25, -0.2) is 0 Å². The van der Waals surface area contributed by atoms with Crippen LogP contribution in [-0.2, 0) is 0 Å². The predicted octanol–water partition coefficient (Wildman–Crippen LogP) is 2.33. The van der Waals surface area contributed by atoms with Crippen LogP contribution in [0.1, 0.15) is 53.4 Å². The summed E-state index contributed by atoms with van der Waals surface area (Å²) in [6.07, 6.45) is 2.70. The summed E-state index contributed by atoms with van der Waals surface area (Å²) in [7, 11) is 0. The second kappa shape index (κ2) is 5.61. The monoisotopic (exact) mass is 188 g/mol. The van der Waals surface area contributed by atoms with E-state index in [2.05, 4.69) is 6.92 Å². The van der Waals surface area contributed by atoms with E-state index in [-0.39, 0.29) is 5.92 Å². The fourth-order valence-corrected chi connectivity index (χ4v) is 1.81. The molecule has 13 heavy (non-hydrogen) atoms. The lowest BCUT2D eigenvalue weighted by Gasteiger charge is -2.34. The van der Waals surface area contributed by atoms with Crippen molar-refractivity contribution in [2.45, 2.75) is 65.1 Å². The van der Waals surface area contributed by atoms with Gasteiger partial charge < -0.3 is 10.2 Å². The summed E-state index contributed by atoms with van der Waals surface area (Å²) in [6.45, 7) is 7.95. The third kappa shape index (κ3) is 3.28. The maximum absolute atomic E-state index is 10.0. The first-order valence-corrected chi connectivity index (χ1v) is 5.42. The molecule has 2 N–H and O–H groups in total. The molecule has 0 aromatic carbocycles. The second-order valence-corrected chi connectivity index (χ2v) is 4.02. The van der Waals surface area contributed by atoms with Crippen LogP contribution in [0.5, 0.6) is 0 Å². The molecule has 0 rings (SSSR count). The Labute approximate surface area is 82.0 Å². The van der Waals surface area contributed by atoms with Crippen LogP contribution in [0.4, 0.5) is 0 Å². The van der Waals surface area contributed by atoms with E-state index in [4.69, 9.17) is 0 Å². The Bertz CT molecular complexity index is 130. The summed E-state index contributed by atoms with van der Waals surface area (Å²) in [5.41, 5.74) is -0.880. The van der Waals surface area contributed by atoms with E-state index in [0.29, 0.717) is 12.8 Å². The Hall–Kier alpha value is -0.0800. The summed E-state index contributed by atoms with van der Waals surface area (Å²) in [5, 5.41) is 20.0. The van der Waals surface area contributed by atoms with Crippen molar-refractivity contribution in [2.75, 3.05) is 0 Å². The maximum atomic E-state index is 10.0. The van der Waals surface area contributed by atoms with E-state index in [1.165, 1.54) is 0 Å². The minimum absolute atomic E-state index is 0.190. The van der Waals surface area contributed by atoms with Gasteiger partial charge in [-0.05, 0) is 25.2 Å². The summed E-state index contributed by atoms with van der Waals surface area (Å²) in [4.78, 5) is 0. The molecule has 0 saturated heterocycles. The third-order valence-electron chi connectivity index (χ3n) is 3.06. The lowest BCUT2D eigenvalue weighted by molar-refractivity contribution is -0.103. The molecule has 0 amide bonds. The highest BCUT2D eigenvalue weighted by Gasteiger charge is 2.34. The van der Waals surface area contributed by atoms with Crippen LogP contribution in [0.3, 0.4) is 0 Å². The second-order valence-electron chi connectivity index (χ2n) is 4.02. The zero-order chi connectivity index (χ0) is 10.5. The molecular formula is C11H24O2. The average molecular weight is 188 g/mol. The fraction of sp³-hybridized carbons (Fsp3) is 1.00. The van der Waals surface area contributed by atoms with Crippen LogP contribution in [0.2, 0.25) is 0 Å². The molecule has 0 aliphatic carbocycles. The first kappa shape index (κ1) is 12.9. The Morgan fingerprint density at radius 3 is 1.92 bits per heavy atom. The van der Waals surface area contributed by atoms with Crippen molar-refractivity contribution in [1.82, 2.24) is 0 Å². The summed E-state index contributed by atoms with van der Waals surface area (Å²) >= 11 is 0. The zero-order valence-electron chi connectivity index (χ0n) is 9.38. The van der Waals surface area contributed by atoms with Gasteiger partial charge in [0.05, 0.1) is 11.7 Å². The van der Waals surface area contributed by atoms with Crippen molar-refractivity contribution >= 4 is 0 Å². The standard InChI is InChI=1S/C11H24O2/c1-5-8-9(4)10(12)11(13,6-2)7-3/h9-10,12-13H,5-8H2,1-4H3. The third-order valence-corrected chi connectivity index (χ3v) is 3.06. The Kier molecular flexibility index (Phi) is 5.57. The van der Waals surface area contributed by atoms with Crippen LogP contribution in [0.25, 0.3) is 0 Å². The summed E-state index contributed by atoms with van der Waals surface area (Å²) < 4.78 is 0. The molecule has 2 atom stereocenters. The van der Waals surface area contributed by atoms with E-state index >= 15 is 0 Å². The lowest BCUT2D eigenvalue weighted by Crippen LogP contribution is -2.44. The van der Waals surface area contributed by atoms with Gasteiger partial charge in [0.15, 0.2) is 0 Å². The van der Waals surface area contributed by atoms with Crippen molar-refractivity contribution in [3.8, 4) is 0 Å². The van der Waals surface area contributed by atoms with Gasteiger partial charge >= 0.3 is 0 Å². The van der Waals surface area contributed by atoms with Crippen LogP contribution < -0.4 is 0 Å².